The second-order valence-electron chi connectivity index (χ2n) is 4.94. The summed E-state index contributed by atoms with van der Waals surface area (Å²) in [4.78, 5) is 0. The zero-order valence-corrected chi connectivity index (χ0v) is 12.2. The fourth-order valence-corrected chi connectivity index (χ4v) is 1.79. The SMILES string of the molecule is CCCCN[C@@H](C)c1cccc(O[C@H](C)CC)c1. The molecule has 0 radical (unpaired) electrons. The summed E-state index contributed by atoms with van der Waals surface area (Å²) in [5, 5.41) is 3.54. The van der Waals surface area contributed by atoms with Crippen molar-refractivity contribution in [3.8, 4) is 5.75 Å². The highest BCUT2D eigenvalue weighted by Crippen LogP contribution is 2.20. The number of hydrogen-bond donors (Lipinski definition) is 1. The molecule has 102 valence electrons. The summed E-state index contributed by atoms with van der Waals surface area (Å²) in [5.41, 5.74) is 1.30. The Bertz CT molecular complexity index is 338. The molecular weight excluding hydrogens is 222 g/mol. The van der Waals surface area contributed by atoms with Crippen LogP contribution >= 0.6 is 0 Å². The van der Waals surface area contributed by atoms with E-state index < -0.39 is 0 Å². The van der Waals surface area contributed by atoms with E-state index in [0.717, 1.165) is 18.7 Å². The van der Waals surface area contributed by atoms with Crippen LogP contribution in [0.3, 0.4) is 0 Å². The first-order valence-corrected chi connectivity index (χ1v) is 7.17. The van der Waals surface area contributed by atoms with E-state index >= 15 is 0 Å². The van der Waals surface area contributed by atoms with Gasteiger partial charge in [0.2, 0.25) is 0 Å². The minimum absolute atomic E-state index is 0.281. The van der Waals surface area contributed by atoms with E-state index in [9.17, 15) is 0 Å². The van der Waals surface area contributed by atoms with Crippen molar-refractivity contribution < 1.29 is 4.74 Å². The average Bonchev–Trinajstić information content (AvgIpc) is 2.39. The van der Waals surface area contributed by atoms with Gasteiger partial charge in [-0.05, 0) is 50.9 Å². The van der Waals surface area contributed by atoms with Crippen LogP contribution in [0.25, 0.3) is 0 Å². The van der Waals surface area contributed by atoms with Gasteiger partial charge in [0.1, 0.15) is 5.75 Å². The lowest BCUT2D eigenvalue weighted by atomic mass is 10.1. The summed E-state index contributed by atoms with van der Waals surface area (Å²) >= 11 is 0. The Kier molecular flexibility index (Phi) is 6.81. The number of nitrogens with one attached hydrogen (secondary N) is 1. The van der Waals surface area contributed by atoms with E-state index in [2.05, 4.69) is 51.2 Å². The van der Waals surface area contributed by atoms with Crippen molar-refractivity contribution in [2.75, 3.05) is 6.54 Å². The van der Waals surface area contributed by atoms with Crippen molar-refractivity contribution in [2.45, 2.75) is 59.1 Å². The van der Waals surface area contributed by atoms with Crippen LogP contribution in [-0.4, -0.2) is 12.6 Å². The minimum atomic E-state index is 0.281. The van der Waals surface area contributed by atoms with E-state index in [-0.39, 0.29) is 6.10 Å². The molecule has 0 spiro atoms. The van der Waals surface area contributed by atoms with Crippen molar-refractivity contribution in [2.24, 2.45) is 0 Å². The summed E-state index contributed by atoms with van der Waals surface area (Å²) in [6, 6.07) is 8.81. The second-order valence-corrected chi connectivity index (χ2v) is 4.94. The van der Waals surface area contributed by atoms with Crippen LogP contribution in [0.1, 0.15) is 58.6 Å². The van der Waals surface area contributed by atoms with E-state index in [1.54, 1.807) is 0 Å². The lowest BCUT2D eigenvalue weighted by molar-refractivity contribution is 0.217. The Balaban J connectivity index is 2.57. The third kappa shape index (κ3) is 5.09. The molecule has 0 aliphatic heterocycles. The Morgan fingerprint density at radius 2 is 2.00 bits per heavy atom. The summed E-state index contributed by atoms with van der Waals surface area (Å²) in [7, 11) is 0. The lowest BCUT2D eigenvalue weighted by Crippen LogP contribution is -2.19. The zero-order valence-electron chi connectivity index (χ0n) is 12.2. The number of ether oxygens (including phenoxy) is 1. The van der Waals surface area contributed by atoms with Crippen LogP contribution in [0.15, 0.2) is 24.3 Å². The summed E-state index contributed by atoms with van der Waals surface area (Å²) in [6.07, 6.45) is 3.78. The van der Waals surface area contributed by atoms with E-state index in [0.29, 0.717) is 6.04 Å². The van der Waals surface area contributed by atoms with E-state index in [4.69, 9.17) is 4.74 Å². The molecule has 0 saturated carbocycles. The molecule has 1 N–H and O–H groups in total. The summed E-state index contributed by atoms with van der Waals surface area (Å²) in [5.74, 6) is 0.978. The largest absolute Gasteiger partial charge is 0.491 e. The first-order chi connectivity index (χ1) is 8.67. The topological polar surface area (TPSA) is 21.3 Å². The first-order valence-electron chi connectivity index (χ1n) is 7.17. The molecule has 18 heavy (non-hydrogen) atoms. The number of unbranched alkanes of at least 4 members (excludes halogenated alkanes) is 1. The molecule has 0 aromatic heterocycles. The van der Waals surface area contributed by atoms with Gasteiger partial charge in [-0.3, -0.25) is 0 Å². The molecule has 0 heterocycles. The normalized spacial score (nSPS) is 14.2. The highest BCUT2D eigenvalue weighted by Gasteiger charge is 2.07. The molecular formula is C16H27NO. The molecule has 1 aromatic rings. The Morgan fingerprint density at radius 1 is 1.22 bits per heavy atom. The van der Waals surface area contributed by atoms with Crippen molar-refractivity contribution in [3.05, 3.63) is 29.8 Å². The average molecular weight is 249 g/mol. The molecule has 0 aliphatic rings. The zero-order chi connectivity index (χ0) is 13.4. The van der Waals surface area contributed by atoms with Gasteiger partial charge in [0.15, 0.2) is 0 Å². The number of benzene rings is 1. The predicted molar refractivity (Wildman–Crippen MR) is 78.1 cm³/mol. The first kappa shape index (κ1) is 15.0. The van der Waals surface area contributed by atoms with Crippen LogP contribution in [0.4, 0.5) is 0 Å². The molecule has 0 fully saturated rings. The number of hydrogen-bond acceptors (Lipinski definition) is 2. The fourth-order valence-electron chi connectivity index (χ4n) is 1.79. The Morgan fingerprint density at radius 3 is 2.67 bits per heavy atom. The smallest absolute Gasteiger partial charge is 0.120 e. The molecule has 1 aromatic carbocycles. The molecule has 2 atom stereocenters. The van der Waals surface area contributed by atoms with Gasteiger partial charge in [0, 0.05) is 6.04 Å². The quantitative estimate of drug-likeness (QED) is 0.693. The second kappa shape index (κ2) is 8.15. The van der Waals surface area contributed by atoms with Gasteiger partial charge < -0.3 is 10.1 Å². The highest BCUT2D eigenvalue weighted by atomic mass is 16.5. The van der Waals surface area contributed by atoms with Crippen LogP contribution in [0.2, 0.25) is 0 Å². The molecule has 0 bridgehead atoms. The van der Waals surface area contributed by atoms with E-state index in [1.807, 2.05) is 6.07 Å². The van der Waals surface area contributed by atoms with Gasteiger partial charge in [0.05, 0.1) is 6.10 Å². The summed E-state index contributed by atoms with van der Waals surface area (Å²) < 4.78 is 5.85. The van der Waals surface area contributed by atoms with Gasteiger partial charge in [-0.25, -0.2) is 0 Å². The maximum absolute atomic E-state index is 5.85. The molecule has 2 heteroatoms. The molecule has 0 unspecified atom stereocenters. The van der Waals surface area contributed by atoms with Crippen LogP contribution in [0, 0.1) is 0 Å². The Labute approximate surface area is 112 Å². The molecule has 0 amide bonds. The Hall–Kier alpha value is -1.02. The van der Waals surface area contributed by atoms with Crippen molar-refractivity contribution in [1.29, 1.82) is 0 Å². The fraction of sp³-hybridized carbons (Fsp3) is 0.625. The van der Waals surface area contributed by atoms with Crippen molar-refractivity contribution in [1.82, 2.24) is 5.32 Å². The van der Waals surface area contributed by atoms with Crippen LogP contribution in [0.5, 0.6) is 5.75 Å². The maximum Gasteiger partial charge on any atom is 0.120 e. The van der Waals surface area contributed by atoms with Crippen LogP contribution < -0.4 is 10.1 Å². The molecule has 1 rings (SSSR count). The van der Waals surface area contributed by atoms with E-state index in [1.165, 1.54) is 18.4 Å². The van der Waals surface area contributed by atoms with Gasteiger partial charge in [-0.1, -0.05) is 32.4 Å². The van der Waals surface area contributed by atoms with Gasteiger partial charge >= 0.3 is 0 Å². The predicted octanol–water partition coefficient (Wildman–Crippen LogP) is 4.31. The molecule has 2 nitrogen and oxygen atoms in total. The highest BCUT2D eigenvalue weighted by molar-refractivity contribution is 5.30. The minimum Gasteiger partial charge on any atom is -0.491 e. The van der Waals surface area contributed by atoms with Crippen molar-refractivity contribution >= 4 is 0 Å². The lowest BCUT2D eigenvalue weighted by Gasteiger charge is -2.17. The summed E-state index contributed by atoms with van der Waals surface area (Å²) in [6.45, 7) is 9.75. The monoisotopic (exact) mass is 249 g/mol. The standard InChI is InChI=1S/C16H27NO/c1-5-7-11-17-14(4)15-9-8-10-16(12-15)18-13(3)6-2/h8-10,12-14,17H,5-7,11H2,1-4H3/t13-,14+/m1/s1. The molecule has 0 aliphatic carbocycles. The maximum atomic E-state index is 5.85. The van der Waals surface area contributed by atoms with Crippen LogP contribution in [-0.2, 0) is 0 Å². The molecule has 0 saturated heterocycles. The number of rotatable bonds is 8. The third-order valence-corrected chi connectivity index (χ3v) is 3.25. The van der Waals surface area contributed by atoms with Gasteiger partial charge in [0.25, 0.3) is 0 Å². The van der Waals surface area contributed by atoms with Crippen molar-refractivity contribution in [3.63, 3.8) is 0 Å². The van der Waals surface area contributed by atoms with Gasteiger partial charge in [-0.15, -0.1) is 0 Å². The van der Waals surface area contributed by atoms with Gasteiger partial charge in [-0.2, -0.15) is 0 Å². The third-order valence-electron chi connectivity index (χ3n) is 3.25.